The number of aromatic nitrogens is 2. The van der Waals surface area contributed by atoms with Crippen molar-refractivity contribution in [2.45, 2.75) is 32.7 Å². The van der Waals surface area contributed by atoms with Gasteiger partial charge >= 0.3 is 0 Å². The lowest BCUT2D eigenvalue weighted by molar-refractivity contribution is -0.123. The average molecular weight is 408 g/mol. The molecule has 0 saturated carbocycles. The van der Waals surface area contributed by atoms with Crippen LogP contribution in [0.3, 0.4) is 0 Å². The highest BCUT2D eigenvalue weighted by Crippen LogP contribution is 2.26. The SMILES string of the molecule is COc1cccc(C(NC(=O)COc2cc(C(C)C)ccc2C)c2nccn2C)c1. The summed E-state index contributed by atoms with van der Waals surface area (Å²) in [5.74, 6) is 2.35. The number of aryl methyl sites for hydroxylation is 2. The molecule has 1 aromatic heterocycles. The van der Waals surface area contributed by atoms with Gasteiger partial charge in [-0.3, -0.25) is 4.79 Å². The minimum Gasteiger partial charge on any atom is -0.497 e. The Morgan fingerprint density at radius 2 is 1.97 bits per heavy atom. The third-order valence-corrected chi connectivity index (χ3v) is 5.09. The molecule has 1 heterocycles. The van der Waals surface area contributed by atoms with E-state index in [4.69, 9.17) is 9.47 Å². The molecule has 0 spiro atoms. The van der Waals surface area contributed by atoms with E-state index in [0.29, 0.717) is 5.92 Å². The number of amides is 1. The topological polar surface area (TPSA) is 65.4 Å². The fourth-order valence-electron chi connectivity index (χ4n) is 3.25. The summed E-state index contributed by atoms with van der Waals surface area (Å²) in [7, 11) is 3.52. The van der Waals surface area contributed by atoms with Crippen LogP contribution < -0.4 is 14.8 Å². The van der Waals surface area contributed by atoms with E-state index in [1.807, 2.05) is 61.1 Å². The quantitative estimate of drug-likeness (QED) is 0.609. The van der Waals surface area contributed by atoms with Gasteiger partial charge in [0.15, 0.2) is 6.61 Å². The van der Waals surface area contributed by atoms with Crippen LogP contribution in [0.2, 0.25) is 0 Å². The number of benzene rings is 2. The van der Waals surface area contributed by atoms with Gasteiger partial charge in [0.25, 0.3) is 5.91 Å². The molecule has 6 nitrogen and oxygen atoms in total. The van der Waals surface area contributed by atoms with E-state index in [2.05, 4.69) is 30.2 Å². The Bertz CT molecular complexity index is 1010. The van der Waals surface area contributed by atoms with Crippen LogP contribution >= 0.6 is 0 Å². The number of nitrogens with zero attached hydrogens (tertiary/aromatic N) is 2. The smallest absolute Gasteiger partial charge is 0.258 e. The molecular formula is C24H29N3O3. The van der Waals surface area contributed by atoms with Gasteiger partial charge in [0.05, 0.1) is 7.11 Å². The summed E-state index contributed by atoms with van der Waals surface area (Å²) in [6, 6.07) is 13.3. The zero-order chi connectivity index (χ0) is 21.7. The Labute approximate surface area is 177 Å². The molecule has 30 heavy (non-hydrogen) atoms. The number of nitrogens with one attached hydrogen (secondary N) is 1. The Morgan fingerprint density at radius 1 is 1.17 bits per heavy atom. The molecular weight excluding hydrogens is 378 g/mol. The number of imidazole rings is 1. The molecule has 6 heteroatoms. The lowest BCUT2D eigenvalue weighted by Crippen LogP contribution is -2.34. The number of hydrogen-bond acceptors (Lipinski definition) is 4. The van der Waals surface area contributed by atoms with Gasteiger partial charge in [-0.25, -0.2) is 4.98 Å². The van der Waals surface area contributed by atoms with Crippen LogP contribution in [0.25, 0.3) is 0 Å². The zero-order valence-electron chi connectivity index (χ0n) is 18.2. The highest BCUT2D eigenvalue weighted by atomic mass is 16.5. The highest BCUT2D eigenvalue weighted by Gasteiger charge is 2.21. The molecule has 1 amide bonds. The summed E-state index contributed by atoms with van der Waals surface area (Å²) in [4.78, 5) is 17.2. The summed E-state index contributed by atoms with van der Waals surface area (Å²) in [5.41, 5.74) is 3.06. The normalized spacial score (nSPS) is 11.9. The Morgan fingerprint density at radius 3 is 2.63 bits per heavy atom. The first-order chi connectivity index (χ1) is 14.4. The van der Waals surface area contributed by atoms with Crippen molar-refractivity contribution in [1.82, 2.24) is 14.9 Å². The van der Waals surface area contributed by atoms with E-state index in [0.717, 1.165) is 28.5 Å². The van der Waals surface area contributed by atoms with Crippen LogP contribution in [0, 0.1) is 6.92 Å². The summed E-state index contributed by atoms with van der Waals surface area (Å²) in [6.45, 7) is 6.16. The first-order valence-corrected chi connectivity index (χ1v) is 10.0. The van der Waals surface area contributed by atoms with Gasteiger partial charge in [-0.15, -0.1) is 0 Å². The van der Waals surface area contributed by atoms with Crippen LogP contribution in [0.5, 0.6) is 11.5 Å². The molecule has 1 atom stereocenters. The van der Waals surface area contributed by atoms with E-state index in [1.165, 1.54) is 5.56 Å². The van der Waals surface area contributed by atoms with Crippen molar-refractivity contribution >= 4 is 5.91 Å². The minimum absolute atomic E-state index is 0.0761. The number of carbonyl (C=O) groups excluding carboxylic acids is 1. The van der Waals surface area contributed by atoms with Crippen LogP contribution in [0.1, 0.15) is 48.3 Å². The number of methoxy groups -OCH3 is 1. The fourth-order valence-corrected chi connectivity index (χ4v) is 3.25. The van der Waals surface area contributed by atoms with Gasteiger partial charge in [0.1, 0.15) is 23.4 Å². The largest absolute Gasteiger partial charge is 0.497 e. The number of ether oxygens (including phenoxy) is 2. The van der Waals surface area contributed by atoms with E-state index < -0.39 is 6.04 Å². The van der Waals surface area contributed by atoms with Gasteiger partial charge in [-0.1, -0.05) is 38.1 Å². The molecule has 3 rings (SSSR count). The standard InChI is InChI=1S/C24H29N3O3/c1-16(2)18-10-9-17(3)21(14-18)30-15-22(28)26-23(24-25-11-12-27(24)4)19-7-6-8-20(13-19)29-5/h6-14,16,23H,15H2,1-5H3,(H,26,28). The monoisotopic (exact) mass is 407 g/mol. The molecule has 158 valence electrons. The lowest BCUT2D eigenvalue weighted by Gasteiger charge is -2.20. The first-order valence-electron chi connectivity index (χ1n) is 10.0. The lowest BCUT2D eigenvalue weighted by atomic mass is 10.0. The van der Waals surface area contributed by atoms with Crippen molar-refractivity contribution in [3.63, 3.8) is 0 Å². The van der Waals surface area contributed by atoms with E-state index in [-0.39, 0.29) is 12.5 Å². The molecule has 0 aliphatic rings. The highest BCUT2D eigenvalue weighted by molar-refractivity contribution is 5.78. The van der Waals surface area contributed by atoms with Crippen molar-refractivity contribution in [2.24, 2.45) is 7.05 Å². The van der Waals surface area contributed by atoms with Crippen molar-refractivity contribution in [3.8, 4) is 11.5 Å². The van der Waals surface area contributed by atoms with Gasteiger partial charge in [0.2, 0.25) is 0 Å². The Balaban J connectivity index is 1.77. The third-order valence-electron chi connectivity index (χ3n) is 5.09. The van der Waals surface area contributed by atoms with E-state index in [1.54, 1.807) is 13.3 Å². The molecule has 0 fully saturated rings. The maximum Gasteiger partial charge on any atom is 0.258 e. The van der Waals surface area contributed by atoms with Crippen molar-refractivity contribution in [1.29, 1.82) is 0 Å². The van der Waals surface area contributed by atoms with Crippen LogP contribution in [0.15, 0.2) is 54.9 Å². The summed E-state index contributed by atoms with van der Waals surface area (Å²) in [6.07, 6.45) is 3.57. The summed E-state index contributed by atoms with van der Waals surface area (Å²) in [5, 5.41) is 3.05. The molecule has 0 bridgehead atoms. The molecule has 1 unspecified atom stereocenters. The third kappa shape index (κ3) is 5.00. The zero-order valence-corrected chi connectivity index (χ0v) is 18.2. The number of rotatable bonds is 8. The van der Waals surface area contributed by atoms with Gasteiger partial charge in [0, 0.05) is 19.4 Å². The fraction of sp³-hybridized carbons (Fsp3) is 0.333. The molecule has 0 aliphatic carbocycles. The van der Waals surface area contributed by atoms with E-state index >= 15 is 0 Å². The molecule has 0 radical (unpaired) electrons. The predicted octanol–water partition coefficient (Wildman–Crippen LogP) is 4.15. The summed E-state index contributed by atoms with van der Waals surface area (Å²) < 4.78 is 13.1. The van der Waals surface area contributed by atoms with Crippen molar-refractivity contribution in [3.05, 3.63) is 77.4 Å². The van der Waals surface area contributed by atoms with Crippen LogP contribution in [0.4, 0.5) is 0 Å². The Hall–Kier alpha value is -3.28. The van der Waals surface area contributed by atoms with Crippen LogP contribution in [-0.2, 0) is 11.8 Å². The Kier molecular flexibility index (Phi) is 6.77. The maximum atomic E-state index is 12.8. The van der Waals surface area contributed by atoms with Crippen molar-refractivity contribution < 1.29 is 14.3 Å². The van der Waals surface area contributed by atoms with Gasteiger partial charge in [-0.2, -0.15) is 0 Å². The second-order valence-corrected chi connectivity index (χ2v) is 7.64. The molecule has 0 saturated heterocycles. The summed E-state index contributed by atoms with van der Waals surface area (Å²) >= 11 is 0. The average Bonchev–Trinajstić information content (AvgIpc) is 3.16. The van der Waals surface area contributed by atoms with Crippen molar-refractivity contribution in [2.75, 3.05) is 13.7 Å². The molecule has 1 N–H and O–H groups in total. The molecule has 2 aromatic carbocycles. The maximum absolute atomic E-state index is 12.8. The van der Waals surface area contributed by atoms with Gasteiger partial charge < -0.3 is 19.4 Å². The first kappa shape index (κ1) is 21.4. The minimum atomic E-state index is -0.417. The van der Waals surface area contributed by atoms with Gasteiger partial charge in [-0.05, 0) is 47.7 Å². The number of hydrogen-bond donors (Lipinski definition) is 1. The molecule has 3 aromatic rings. The van der Waals surface area contributed by atoms with Crippen LogP contribution in [-0.4, -0.2) is 29.2 Å². The second kappa shape index (κ2) is 9.48. The number of carbonyl (C=O) groups is 1. The second-order valence-electron chi connectivity index (χ2n) is 7.64. The van der Waals surface area contributed by atoms with E-state index in [9.17, 15) is 4.79 Å². The molecule has 0 aliphatic heterocycles. The predicted molar refractivity (Wildman–Crippen MR) is 117 cm³/mol.